The van der Waals surface area contributed by atoms with E-state index in [0.717, 1.165) is 17.8 Å². The summed E-state index contributed by atoms with van der Waals surface area (Å²) in [5, 5.41) is 0. The molecule has 1 heterocycles. The van der Waals surface area contributed by atoms with Crippen LogP contribution >= 0.6 is 0 Å². The van der Waals surface area contributed by atoms with Crippen molar-refractivity contribution in [3.8, 4) is 0 Å². The Balaban J connectivity index is 2.34. The summed E-state index contributed by atoms with van der Waals surface area (Å²) < 4.78 is 0. The monoisotopic (exact) mass is 239 g/mol. The third-order valence-electron chi connectivity index (χ3n) is 4.19. The van der Waals surface area contributed by atoms with E-state index in [0.29, 0.717) is 5.41 Å². The fourth-order valence-electron chi connectivity index (χ4n) is 3.55. The van der Waals surface area contributed by atoms with Crippen molar-refractivity contribution in [2.24, 2.45) is 23.2 Å². The molecule has 17 heavy (non-hydrogen) atoms. The van der Waals surface area contributed by atoms with Crippen LogP contribution in [0.2, 0.25) is 0 Å². The lowest BCUT2D eigenvalue weighted by atomic mass is 9.81. The number of hydrogen-bond donors (Lipinski definition) is 0. The number of likely N-dealkylation sites (tertiary alicyclic amines) is 1. The first-order valence-electron chi connectivity index (χ1n) is 7.52. The fourth-order valence-corrected chi connectivity index (χ4v) is 3.55. The Morgan fingerprint density at radius 1 is 1.06 bits per heavy atom. The van der Waals surface area contributed by atoms with E-state index < -0.39 is 0 Å². The highest BCUT2D eigenvalue weighted by atomic mass is 15.1. The van der Waals surface area contributed by atoms with E-state index in [4.69, 9.17) is 0 Å². The molecule has 1 saturated heterocycles. The van der Waals surface area contributed by atoms with E-state index in [1.54, 1.807) is 0 Å². The maximum atomic E-state index is 2.70. The van der Waals surface area contributed by atoms with Gasteiger partial charge in [0, 0.05) is 6.54 Å². The van der Waals surface area contributed by atoms with Crippen LogP contribution in [0.25, 0.3) is 0 Å². The van der Waals surface area contributed by atoms with Gasteiger partial charge in [-0.15, -0.1) is 0 Å². The van der Waals surface area contributed by atoms with Crippen molar-refractivity contribution in [1.29, 1.82) is 0 Å². The van der Waals surface area contributed by atoms with Crippen molar-refractivity contribution < 1.29 is 0 Å². The normalized spacial score (nSPS) is 20.5. The van der Waals surface area contributed by atoms with E-state index in [-0.39, 0.29) is 0 Å². The molecular formula is C16H33N. The zero-order valence-corrected chi connectivity index (χ0v) is 12.9. The van der Waals surface area contributed by atoms with Crippen molar-refractivity contribution in [3.05, 3.63) is 0 Å². The van der Waals surface area contributed by atoms with Gasteiger partial charge in [-0.3, -0.25) is 0 Å². The van der Waals surface area contributed by atoms with Crippen LogP contribution in [0.5, 0.6) is 0 Å². The van der Waals surface area contributed by atoms with Gasteiger partial charge in [-0.2, -0.15) is 0 Å². The Kier molecular flexibility index (Phi) is 5.50. The van der Waals surface area contributed by atoms with Gasteiger partial charge in [0.15, 0.2) is 0 Å². The van der Waals surface area contributed by atoms with Gasteiger partial charge in [0.1, 0.15) is 0 Å². The molecule has 102 valence electrons. The molecule has 0 radical (unpaired) electrons. The second-order valence-electron chi connectivity index (χ2n) is 7.62. The Bertz CT molecular complexity index is 210. The first-order chi connectivity index (χ1) is 7.80. The molecular weight excluding hydrogens is 206 g/mol. The molecule has 1 aliphatic rings. The summed E-state index contributed by atoms with van der Waals surface area (Å²) in [7, 11) is 0. The van der Waals surface area contributed by atoms with Gasteiger partial charge in [-0.05, 0) is 55.5 Å². The molecule has 1 fully saturated rings. The molecule has 1 heteroatoms. The molecule has 0 aromatic heterocycles. The molecule has 0 aliphatic carbocycles. The fraction of sp³-hybridized carbons (Fsp3) is 1.00. The van der Waals surface area contributed by atoms with E-state index in [1.165, 1.54) is 38.9 Å². The molecule has 0 aromatic rings. The summed E-state index contributed by atoms with van der Waals surface area (Å²) in [4.78, 5) is 2.70. The minimum atomic E-state index is 0.485. The number of piperidine rings is 1. The zero-order valence-electron chi connectivity index (χ0n) is 12.9. The average Bonchev–Trinajstić information content (AvgIpc) is 2.15. The molecule has 1 aliphatic heterocycles. The summed E-state index contributed by atoms with van der Waals surface area (Å²) in [5.41, 5.74) is 0.485. The minimum absolute atomic E-state index is 0.485. The summed E-state index contributed by atoms with van der Waals surface area (Å²) in [6, 6.07) is 0. The van der Waals surface area contributed by atoms with Gasteiger partial charge in [0.2, 0.25) is 0 Å². The Morgan fingerprint density at radius 2 is 1.59 bits per heavy atom. The van der Waals surface area contributed by atoms with Crippen molar-refractivity contribution in [3.63, 3.8) is 0 Å². The molecule has 1 rings (SSSR count). The van der Waals surface area contributed by atoms with Gasteiger partial charge in [-0.25, -0.2) is 0 Å². The molecule has 0 amide bonds. The van der Waals surface area contributed by atoms with Gasteiger partial charge in [0.25, 0.3) is 0 Å². The van der Waals surface area contributed by atoms with Crippen LogP contribution in [0.3, 0.4) is 0 Å². The maximum Gasteiger partial charge on any atom is 0.00328 e. The SMILES string of the molecule is CC(C)CC(C)(C)CN1CCC(C(C)C)CC1. The van der Waals surface area contributed by atoms with Crippen LogP contribution in [0.15, 0.2) is 0 Å². The van der Waals surface area contributed by atoms with E-state index in [9.17, 15) is 0 Å². The smallest absolute Gasteiger partial charge is 0.00328 e. The predicted octanol–water partition coefficient (Wildman–Crippen LogP) is 4.43. The molecule has 0 atom stereocenters. The molecule has 0 unspecified atom stereocenters. The largest absolute Gasteiger partial charge is 0.303 e. The highest BCUT2D eigenvalue weighted by Crippen LogP contribution is 2.30. The predicted molar refractivity (Wildman–Crippen MR) is 77.2 cm³/mol. The first-order valence-corrected chi connectivity index (χ1v) is 7.52. The summed E-state index contributed by atoms with van der Waals surface area (Å²) >= 11 is 0. The molecule has 0 N–H and O–H groups in total. The molecule has 0 saturated carbocycles. The molecule has 0 spiro atoms. The lowest BCUT2D eigenvalue weighted by molar-refractivity contribution is 0.103. The van der Waals surface area contributed by atoms with Crippen LogP contribution in [0, 0.1) is 23.2 Å². The summed E-state index contributed by atoms with van der Waals surface area (Å²) in [5.74, 6) is 2.67. The summed E-state index contributed by atoms with van der Waals surface area (Å²) in [6.45, 7) is 18.2. The first kappa shape index (κ1) is 15.0. The van der Waals surface area contributed by atoms with E-state index >= 15 is 0 Å². The second-order valence-corrected chi connectivity index (χ2v) is 7.62. The van der Waals surface area contributed by atoms with Crippen LogP contribution in [0.1, 0.15) is 60.8 Å². The highest BCUT2D eigenvalue weighted by molar-refractivity contribution is 4.80. The average molecular weight is 239 g/mol. The highest BCUT2D eigenvalue weighted by Gasteiger charge is 2.27. The lowest BCUT2D eigenvalue weighted by Crippen LogP contribution is -2.41. The van der Waals surface area contributed by atoms with Crippen molar-refractivity contribution >= 4 is 0 Å². The third kappa shape index (κ3) is 5.42. The topological polar surface area (TPSA) is 3.24 Å². The number of hydrogen-bond acceptors (Lipinski definition) is 1. The van der Waals surface area contributed by atoms with Gasteiger partial charge >= 0.3 is 0 Å². The zero-order chi connectivity index (χ0) is 13.1. The standard InChI is InChI=1S/C16H33N/c1-13(2)11-16(5,6)12-17-9-7-15(8-10-17)14(3)4/h13-15H,7-12H2,1-6H3. The molecule has 1 nitrogen and oxygen atoms in total. The lowest BCUT2D eigenvalue weighted by Gasteiger charge is -2.39. The van der Waals surface area contributed by atoms with Crippen LogP contribution in [-0.4, -0.2) is 24.5 Å². The van der Waals surface area contributed by atoms with Gasteiger partial charge in [0.05, 0.1) is 0 Å². The third-order valence-corrected chi connectivity index (χ3v) is 4.19. The minimum Gasteiger partial charge on any atom is -0.303 e. The second kappa shape index (κ2) is 6.22. The van der Waals surface area contributed by atoms with E-state index in [1.807, 2.05) is 0 Å². The van der Waals surface area contributed by atoms with Crippen LogP contribution < -0.4 is 0 Å². The Labute approximate surface area is 109 Å². The Hall–Kier alpha value is -0.0400. The van der Waals surface area contributed by atoms with Crippen molar-refractivity contribution in [2.75, 3.05) is 19.6 Å². The van der Waals surface area contributed by atoms with Crippen molar-refractivity contribution in [1.82, 2.24) is 4.90 Å². The van der Waals surface area contributed by atoms with Gasteiger partial charge < -0.3 is 4.90 Å². The van der Waals surface area contributed by atoms with Gasteiger partial charge in [-0.1, -0.05) is 41.5 Å². The number of rotatable bonds is 5. The van der Waals surface area contributed by atoms with E-state index in [2.05, 4.69) is 46.4 Å². The number of nitrogens with zero attached hydrogens (tertiary/aromatic N) is 1. The van der Waals surface area contributed by atoms with Crippen LogP contribution in [-0.2, 0) is 0 Å². The molecule has 0 aromatic carbocycles. The van der Waals surface area contributed by atoms with Crippen molar-refractivity contribution in [2.45, 2.75) is 60.8 Å². The van der Waals surface area contributed by atoms with Crippen LogP contribution in [0.4, 0.5) is 0 Å². The quantitative estimate of drug-likeness (QED) is 0.686. The summed E-state index contributed by atoms with van der Waals surface area (Å²) in [6.07, 6.45) is 4.17. The Morgan fingerprint density at radius 3 is 2.00 bits per heavy atom. The molecule has 0 bridgehead atoms. The maximum absolute atomic E-state index is 2.70.